The summed E-state index contributed by atoms with van der Waals surface area (Å²) in [5, 5.41) is 4.79. The Kier molecular flexibility index (Phi) is 5.00. The van der Waals surface area contributed by atoms with Gasteiger partial charge < -0.3 is 10.6 Å². The zero-order valence-electron chi connectivity index (χ0n) is 7.76. The number of alkyl halides is 2. The number of carbonyl (C=O) groups excluding carboxylic acids is 1. The maximum atomic E-state index is 11.7. The highest BCUT2D eigenvalue weighted by Crippen LogP contribution is 2.16. The van der Waals surface area contributed by atoms with Crippen LogP contribution in [0.5, 0.6) is 0 Å². The minimum Gasteiger partial charge on any atom is -0.335 e. The smallest absolute Gasteiger partial charge is 0.315 e. The number of halogens is 2. The van der Waals surface area contributed by atoms with Crippen LogP contribution in [0.1, 0.15) is 12.8 Å². The Morgan fingerprint density at radius 2 is 2.36 bits per heavy atom. The van der Waals surface area contributed by atoms with Crippen molar-refractivity contribution in [3.05, 3.63) is 0 Å². The molecule has 1 atom stereocenters. The molecule has 0 aromatic heterocycles. The standard InChI is InChI=1S/C8H14F2N2OS/c9-7(10)4-11-8(13)12-6-2-1-3-14-5-6/h6-7H,1-5H2,(H2,11,12,13). The predicted octanol–water partition coefficient (Wildman–Crippen LogP) is 1.45. The molecule has 0 radical (unpaired) electrons. The lowest BCUT2D eigenvalue weighted by Crippen LogP contribution is -2.45. The SMILES string of the molecule is O=C(NCC(F)F)NC1CCCSC1. The second-order valence-electron chi connectivity index (χ2n) is 3.16. The van der Waals surface area contributed by atoms with Crippen LogP contribution in [-0.4, -0.2) is 36.5 Å². The minimum absolute atomic E-state index is 0.131. The first-order valence-corrected chi connectivity index (χ1v) is 5.74. The topological polar surface area (TPSA) is 41.1 Å². The molecule has 14 heavy (non-hydrogen) atoms. The number of amides is 2. The third kappa shape index (κ3) is 4.64. The highest BCUT2D eigenvalue weighted by atomic mass is 32.2. The van der Waals surface area contributed by atoms with Gasteiger partial charge in [0.2, 0.25) is 0 Å². The first-order valence-electron chi connectivity index (χ1n) is 4.58. The maximum absolute atomic E-state index is 11.7. The average molecular weight is 224 g/mol. The second kappa shape index (κ2) is 6.06. The van der Waals surface area contributed by atoms with E-state index in [2.05, 4.69) is 10.6 Å². The van der Waals surface area contributed by atoms with Crippen molar-refractivity contribution in [1.29, 1.82) is 0 Å². The first kappa shape index (κ1) is 11.6. The minimum atomic E-state index is -2.48. The number of nitrogens with one attached hydrogen (secondary N) is 2. The summed E-state index contributed by atoms with van der Waals surface area (Å²) in [5.41, 5.74) is 0. The molecule has 82 valence electrons. The molecule has 1 rings (SSSR count). The first-order chi connectivity index (χ1) is 6.68. The van der Waals surface area contributed by atoms with E-state index in [4.69, 9.17) is 0 Å². The normalized spacial score (nSPS) is 22.1. The second-order valence-corrected chi connectivity index (χ2v) is 4.31. The molecule has 1 aliphatic rings. The summed E-state index contributed by atoms with van der Waals surface area (Å²) in [6.45, 7) is -0.578. The van der Waals surface area contributed by atoms with E-state index in [0.717, 1.165) is 24.3 Å². The van der Waals surface area contributed by atoms with E-state index in [0.29, 0.717) is 0 Å². The van der Waals surface area contributed by atoms with Gasteiger partial charge in [-0.15, -0.1) is 0 Å². The van der Waals surface area contributed by atoms with Crippen LogP contribution in [-0.2, 0) is 0 Å². The third-order valence-corrected chi connectivity index (χ3v) is 3.13. The summed E-state index contributed by atoms with van der Waals surface area (Å²) in [6, 6.07) is -0.357. The molecule has 6 heteroatoms. The van der Waals surface area contributed by atoms with Crippen LogP contribution >= 0.6 is 11.8 Å². The van der Waals surface area contributed by atoms with E-state index in [1.165, 1.54) is 0 Å². The number of urea groups is 1. The highest BCUT2D eigenvalue weighted by Gasteiger charge is 2.16. The van der Waals surface area contributed by atoms with Gasteiger partial charge >= 0.3 is 6.03 Å². The van der Waals surface area contributed by atoms with E-state index >= 15 is 0 Å². The van der Waals surface area contributed by atoms with Gasteiger partial charge in [-0.05, 0) is 18.6 Å². The van der Waals surface area contributed by atoms with Gasteiger partial charge in [0.15, 0.2) is 0 Å². The average Bonchev–Trinajstić information content (AvgIpc) is 2.16. The van der Waals surface area contributed by atoms with Crippen LogP contribution in [0.3, 0.4) is 0 Å². The Labute approximate surface area is 86.0 Å². The van der Waals surface area contributed by atoms with Crippen LogP contribution in [0.25, 0.3) is 0 Å². The molecule has 1 fully saturated rings. The molecule has 1 aliphatic heterocycles. The lowest BCUT2D eigenvalue weighted by atomic mass is 10.2. The van der Waals surface area contributed by atoms with Crippen LogP contribution in [0.4, 0.5) is 13.6 Å². The van der Waals surface area contributed by atoms with E-state index in [-0.39, 0.29) is 6.04 Å². The molecule has 0 aromatic carbocycles. The Balaban J connectivity index is 2.12. The molecule has 0 aliphatic carbocycles. The number of rotatable bonds is 3. The van der Waals surface area contributed by atoms with Crippen molar-refractivity contribution in [3.8, 4) is 0 Å². The Morgan fingerprint density at radius 3 is 2.93 bits per heavy atom. The van der Waals surface area contributed by atoms with Crippen molar-refractivity contribution < 1.29 is 13.6 Å². The number of hydrogen-bond acceptors (Lipinski definition) is 2. The molecule has 1 heterocycles. The molecule has 0 spiro atoms. The molecule has 0 bridgehead atoms. The summed E-state index contributed by atoms with van der Waals surface area (Å²) >= 11 is 1.78. The summed E-state index contributed by atoms with van der Waals surface area (Å²) in [7, 11) is 0. The fourth-order valence-electron chi connectivity index (χ4n) is 1.26. The van der Waals surface area contributed by atoms with Gasteiger partial charge in [0, 0.05) is 11.8 Å². The van der Waals surface area contributed by atoms with Gasteiger partial charge in [-0.3, -0.25) is 0 Å². The quantitative estimate of drug-likeness (QED) is 0.761. The van der Waals surface area contributed by atoms with Gasteiger partial charge in [0.1, 0.15) is 0 Å². The van der Waals surface area contributed by atoms with Crippen LogP contribution in [0.15, 0.2) is 0 Å². The summed E-state index contributed by atoms with van der Waals surface area (Å²) in [4.78, 5) is 11.1. The number of thioether (sulfide) groups is 1. The zero-order chi connectivity index (χ0) is 10.4. The molecule has 0 saturated carbocycles. The molecule has 3 nitrogen and oxygen atoms in total. The van der Waals surface area contributed by atoms with E-state index in [1.807, 2.05) is 0 Å². The maximum Gasteiger partial charge on any atom is 0.315 e. The molecule has 0 aromatic rings. The molecule has 2 amide bonds. The summed E-state index contributed by atoms with van der Waals surface area (Å²) < 4.78 is 23.5. The van der Waals surface area contributed by atoms with Crippen molar-refractivity contribution in [2.45, 2.75) is 25.3 Å². The van der Waals surface area contributed by atoms with Crippen molar-refractivity contribution in [3.63, 3.8) is 0 Å². The van der Waals surface area contributed by atoms with Crippen molar-refractivity contribution in [2.24, 2.45) is 0 Å². The number of hydrogen-bond donors (Lipinski definition) is 2. The van der Waals surface area contributed by atoms with E-state index in [9.17, 15) is 13.6 Å². The van der Waals surface area contributed by atoms with Gasteiger partial charge in [-0.2, -0.15) is 11.8 Å². The molecular formula is C8H14F2N2OS. The van der Waals surface area contributed by atoms with Crippen molar-refractivity contribution in [2.75, 3.05) is 18.1 Å². The van der Waals surface area contributed by atoms with Gasteiger partial charge in [-0.25, -0.2) is 13.6 Å². The monoisotopic (exact) mass is 224 g/mol. The predicted molar refractivity (Wildman–Crippen MR) is 52.9 cm³/mol. The zero-order valence-corrected chi connectivity index (χ0v) is 8.58. The third-order valence-electron chi connectivity index (χ3n) is 1.91. The molecule has 1 saturated heterocycles. The number of carbonyl (C=O) groups is 1. The van der Waals surface area contributed by atoms with Crippen LogP contribution < -0.4 is 10.6 Å². The lowest BCUT2D eigenvalue weighted by Gasteiger charge is -2.22. The fourth-order valence-corrected chi connectivity index (χ4v) is 2.33. The summed E-state index contributed by atoms with van der Waals surface area (Å²) in [6.07, 6.45) is -0.471. The van der Waals surface area contributed by atoms with E-state index in [1.54, 1.807) is 11.8 Å². The van der Waals surface area contributed by atoms with Crippen LogP contribution in [0, 0.1) is 0 Å². The largest absolute Gasteiger partial charge is 0.335 e. The van der Waals surface area contributed by atoms with Crippen molar-refractivity contribution >= 4 is 17.8 Å². The molecule has 2 N–H and O–H groups in total. The van der Waals surface area contributed by atoms with Crippen LogP contribution in [0.2, 0.25) is 0 Å². The van der Waals surface area contributed by atoms with E-state index < -0.39 is 19.0 Å². The Bertz CT molecular complexity index is 186. The molecule has 1 unspecified atom stereocenters. The van der Waals surface area contributed by atoms with Crippen molar-refractivity contribution in [1.82, 2.24) is 10.6 Å². The molecular weight excluding hydrogens is 210 g/mol. The fraction of sp³-hybridized carbons (Fsp3) is 0.875. The highest BCUT2D eigenvalue weighted by molar-refractivity contribution is 7.99. The Morgan fingerprint density at radius 1 is 1.57 bits per heavy atom. The van der Waals surface area contributed by atoms with Gasteiger partial charge in [0.05, 0.1) is 6.54 Å². The van der Waals surface area contributed by atoms with Gasteiger partial charge in [-0.1, -0.05) is 0 Å². The lowest BCUT2D eigenvalue weighted by molar-refractivity contribution is 0.146. The van der Waals surface area contributed by atoms with Gasteiger partial charge in [0.25, 0.3) is 6.43 Å². The summed E-state index contributed by atoms with van der Waals surface area (Å²) in [5.74, 6) is 2.00. The Hall–Kier alpha value is -0.520.